The van der Waals surface area contributed by atoms with Crippen LogP contribution in [0, 0.1) is 0 Å². The zero-order valence-corrected chi connectivity index (χ0v) is 12.1. The van der Waals surface area contributed by atoms with Crippen LogP contribution < -0.4 is 10.1 Å². The lowest BCUT2D eigenvalue weighted by atomic mass is 10.3. The Morgan fingerprint density at radius 2 is 2.33 bits per heavy atom. The highest BCUT2D eigenvalue weighted by Gasteiger charge is 2.05. The Kier molecular flexibility index (Phi) is 4.54. The summed E-state index contributed by atoms with van der Waals surface area (Å²) in [6, 6.07) is 5.82. The van der Waals surface area contributed by atoms with Gasteiger partial charge in [0.05, 0.1) is 17.3 Å². The number of hydrogen-bond acceptors (Lipinski definition) is 5. The van der Waals surface area contributed by atoms with E-state index in [1.54, 1.807) is 18.4 Å². The van der Waals surface area contributed by atoms with Gasteiger partial charge in [-0.3, -0.25) is 4.21 Å². The average Bonchev–Trinajstić information content (AvgIpc) is 2.79. The first-order valence-electron chi connectivity index (χ1n) is 5.76. The zero-order valence-electron chi connectivity index (χ0n) is 10.4. The fourth-order valence-corrected chi connectivity index (χ4v) is 3.06. The van der Waals surface area contributed by atoms with Gasteiger partial charge in [-0.15, -0.1) is 0 Å². The highest BCUT2D eigenvalue weighted by molar-refractivity contribution is 7.84. The van der Waals surface area contributed by atoms with Crippen LogP contribution in [0.3, 0.4) is 0 Å². The van der Waals surface area contributed by atoms with Crippen molar-refractivity contribution in [1.82, 2.24) is 4.98 Å². The third kappa shape index (κ3) is 3.20. The van der Waals surface area contributed by atoms with Crippen molar-refractivity contribution in [3.63, 3.8) is 0 Å². The number of thiazole rings is 1. The van der Waals surface area contributed by atoms with E-state index in [4.69, 9.17) is 4.74 Å². The van der Waals surface area contributed by atoms with Gasteiger partial charge < -0.3 is 10.1 Å². The normalized spacial score (nSPS) is 12.6. The molecule has 1 N–H and O–H groups in total. The molecule has 1 unspecified atom stereocenters. The fourth-order valence-electron chi connectivity index (χ4n) is 1.52. The summed E-state index contributed by atoms with van der Waals surface area (Å²) in [5.41, 5.74) is 0.958. The second-order valence-corrected chi connectivity index (χ2v) is 6.61. The van der Waals surface area contributed by atoms with Crippen molar-refractivity contribution in [2.75, 3.05) is 30.5 Å². The number of nitrogens with zero attached hydrogens (tertiary/aromatic N) is 1. The van der Waals surface area contributed by atoms with Crippen molar-refractivity contribution in [3.05, 3.63) is 18.2 Å². The van der Waals surface area contributed by atoms with Crippen molar-refractivity contribution in [2.24, 2.45) is 0 Å². The maximum absolute atomic E-state index is 11.3. The summed E-state index contributed by atoms with van der Waals surface area (Å²) in [5.74, 6) is 2.21. The van der Waals surface area contributed by atoms with Gasteiger partial charge in [0.15, 0.2) is 5.13 Å². The molecule has 0 saturated heterocycles. The highest BCUT2D eigenvalue weighted by Crippen LogP contribution is 2.28. The minimum Gasteiger partial charge on any atom is -0.497 e. The molecule has 0 fully saturated rings. The summed E-state index contributed by atoms with van der Waals surface area (Å²) in [6.07, 6.45) is 0. The van der Waals surface area contributed by atoms with Crippen molar-refractivity contribution in [2.45, 2.75) is 6.92 Å². The number of ether oxygens (including phenoxy) is 1. The van der Waals surface area contributed by atoms with E-state index < -0.39 is 10.8 Å². The number of aromatic nitrogens is 1. The zero-order chi connectivity index (χ0) is 13.0. The number of nitrogens with one attached hydrogen (secondary N) is 1. The first kappa shape index (κ1) is 13.3. The quantitative estimate of drug-likeness (QED) is 0.885. The molecule has 98 valence electrons. The standard InChI is InChI=1S/C12H16N2O2S2/c1-3-18(15)7-6-13-12-14-10-5-4-9(16-2)8-11(10)17-12/h4-5,8H,3,6-7H2,1-2H3,(H,13,14). The molecular formula is C12H16N2O2S2. The van der Waals surface area contributed by atoms with E-state index in [-0.39, 0.29) is 0 Å². The van der Waals surface area contributed by atoms with E-state index in [2.05, 4.69) is 10.3 Å². The summed E-state index contributed by atoms with van der Waals surface area (Å²) in [6.45, 7) is 2.62. The van der Waals surface area contributed by atoms with Gasteiger partial charge >= 0.3 is 0 Å². The molecule has 0 aliphatic rings. The second-order valence-electron chi connectivity index (χ2n) is 3.71. The monoisotopic (exact) mass is 284 g/mol. The first-order chi connectivity index (χ1) is 8.72. The van der Waals surface area contributed by atoms with Crippen LogP contribution in [-0.2, 0) is 10.8 Å². The molecule has 2 aromatic rings. The van der Waals surface area contributed by atoms with Crippen LogP contribution in [0.5, 0.6) is 5.75 Å². The van der Waals surface area contributed by atoms with E-state index in [1.807, 2.05) is 25.1 Å². The number of fused-ring (bicyclic) bond motifs is 1. The van der Waals surface area contributed by atoms with Crippen LogP contribution in [0.25, 0.3) is 10.2 Å². The topological polar surface area (TPSA) is 51.2 Å². The Labute approximate surface area is 113 Å². The molecule has 6 heteroatoms. The summed E-state index contributed by atoms with van der Waals surface area (Å²) in [7, 11) is 0.925. The van der Waals surface area contributed by atoms with E-state index >= 15 is 0 Å². The molecule has 1 atom stereocenters. The SMILES string of the molecule is CCS(=O)CCNc1nc2ccc(OC)cc2s1. The predicted octanol–water partition coefficient (Wildman–Crippen LogP) is 2.49. The number of benzene rings is 1. The van der Waals surface area contributed by atoms with Crippen molar-refractivity contribution >= 4 is 37.5 Å². The third-order valence-corrected chi connectivity index (χ3v) is 4.80. The average molecular weight is 284 g/mol. The lowest BCUT2D eigenvalue weighted by Gasteiger charge is -2.00. The summed E-state index contributed by atoms with van der Waals surface area (Å²) in [4.78, 5) is 4.46. The van der Waals surface area contributed by atoms with Gasteiger partial charge in [0.1, 0.15) is 5.75 Å². The van der Waals surface area contributed by atoms with Gasteiger partial charge in [-0.25, -0.2) is 4.98 Å². The van der Waals surface area contributed by atoms with Crippen molar-refractivity contribution < 1.29 is 8.95 Å². The highest BCUT2D eigenvalue weighted by atomic mass is 32.2. The van der Waals surface area contributed by atoms with Crippen LogP contribution in [0.4, 0.5) is 5.13 Å². The maximum atomic E-state index is 11.3. The number of methoxy groups -OCH3 is 1. The Morgan fingerprint density at radius 1 is 1.50 bits per heavy atom. The van der Waals surface area contributed by atoms with Crippen molar-refractivity contribution in [1.29, 1.82) is 0 Å². The molecule has 0 amide bonds. The Hall–Kier alpha value is -1.14. The summed E-state index contributed by atoms with van der Waals surface area (Å²) < 4.78 is 17.6. The van der Waals surface area contributed by atoms with E-state index in [0.29, 0.717) is 18.1 Å². The van der Waals surface area contributed by atoms with Crippen LogP contribution in [0.15, 0.2) is 18.2 Å². The predicted molar refractivity (Wildman–Crippen MR) is 78.2 cm³/mol. The lowest BCUT2D eigenvalue weighted by molar-refractivity contribution is 0.415. The molecule has 0 saturated carbocycles. The fraction of sp³-hybridized carbons (Fsp3) is 0.417. The number of anilines is 1. The minimum atomic E-state index is -0.729. The van der Waals surface area contributed by atoms with Crippen molar-refractivity contribution in [3.8, 4) is 5.75 Å². The minimum absolute atomic E-state index is 0.662. The molecule has 0 bridgehead atoms. The Morgan fingerprint density at radius 3 is 3.06 bits per heavy atom. The molecular weight excluding hydrogens is 268 g/mol. The van der Waals surface area contributed by atoms with Gasteiger partial charge in [0.2, 0.25) is 0 Å². The smallest absolute Gasteiger partial charge is 0.183 e. The van der Waals surface area contributed by atoms with Crippen LogP contribution in [0.2, 0.25) is 0 Å². The van der Waals surface area contributed by atoms with Gasteiger partial charge in [0, 0.05) is 28.9 Å². The van der Waals surface area contributed by atoms with Crippen LogP contribution in [-0.4, -0.2) is 34.4 Å². The lowest BCUT2D eigenvalue weighted by Crippen LogP contribution is -2.11. The maximum Gasteiger partial charge on any atom is 0.183 e. The van der Waals surface area contributed by atoms with Gasteiger partial charge in [-0.05, 0) is 18.2 Å². The van der Waals surface area contributed by atoms with Gasteiger partial charge in [-0.1, -0.05) is 18.3 Å². The first-order valence-corrected chi connectivity index (χ1v) is 8.07. The van der Waals surface area contributed by atoms with Gasteiger partial charge in [-0.2, -0.15) is 0 Å². The molecule has 1 heterocycles. The molecule has 0 aliphatic heterocycles. The second kappa shape index (κ2) is 6.15. The Bertz CT molecular complexity index is 554. The molecule has 1 aromatic carbocycles. The van der Waals surface area contributed by atoms with E-state index in [1.165, 1.54) is 0 Å². The number of hydrogen-bond donors (Lipinski definition) is 1. The molecule has 1 aromatic heterocycles. The molecule has 0 radical (unpaired) electrons. The Balaban J connectivity index is 2.03. The van der Waals surface area contributed by atoms with Crippen LogP contribution in [0.1, 0.15) is 6.92 Å². The van der Waals surface area contributed by atoms with Gasteiger partial charge in [0.25, 0.3) is 0 Å². The van der Waals surface area contributed by atoms with E-state index in [9.17, 15) is 4.21 Å². The third-order valence-electron chi connectivity index (χ3n) is 2.52. The van der Waals surface area contributed by atoms with E-state index in [0.717, 1.165) is 21.1 Å². The molecule has 4 nitrogen and oxygen atoms in total. The molecule has 0 aliphatic carbocycles. The largest absolute Gasteiger partial charge is 0.497 e. The molecule has 2 rings (SSSR count). The van der Waals surface area contributed by atoms with Crippen LogP contribution >= 0.6 is 11.3 Å². The summed E-state index contributed by atoms with van der Waals surface area (Å²) in [5, 5.41) is 4.08. The number of rotatable bonds is 6. The molecule has 18 heavy (non-hydrogen) atoms. The summed E-state index contributed by atoms with van der Waals surface area (Å²) >= 11 is 1.58. The molecule has 0 spiro atoms.